The first-order valence-corrected chi connectivity index (χ1v) is 25.5. The van der Waals surface area contributed by atoms with E-state index in [2.05, 4.69) is 182 Å². The molecule has 15 aromatic carbocycles. The van der Waals surface area contributed by atoms with E-state index in [0.29, 0.717) is 0 Å². The zero-order chi connectivity index (χ0) is 48.5. The molecular weight excluding hydrogens is 903 g/mol. The molecule has 2 aliphatic rings. The van der Waals surface area contributed by atoms with Gasteiger partial charge in [0, 0.05) is 0 Å². The van der Waals surface area contributed by atoms with E-state index in [0.717, 1.165) is 55.3 Å². The molecule has 2 aliphatic carbocycles. The minimum Gasteiger partial charge on any atom is -0.207 e. The van der Waals surface area contributed by atoms with Crippen LogP contribution >= 0.6 is 0 Å². The van der Waals surface area contributed by atoms with E-state index in [1.54, 1.807) is 24.3 Å². The zero-order valence-electron chi connectivity index (χ0n) is 39.7. The second kappa shape index (κ2) is 14.6. The van der Waals surface area contributed by atoms with Crippen LogP contribution < -0.4 is 0 Å². The Hall–Kier alpha value is -9.50. The molecule has 0 aromatic heterocycles. The third-order valence-electron chi connectivity index (χ3n) is 16.8. The lowest BCUT2D eigenvalue weighted by Gasteiger charge is -2.22. The Morgan fingerprint density at radius 2 is 0.473 bits per heavy atom. The SMILES string of the molecule is Fc1ccc(-c2c3c(c(-c4ccc(F)cc4)c4ccccc24)-c2ccc4c5ccc6c7c(ccc(c8ccc-3c2c84)c75)-c2c-6c(-c3cccc4ccccc34)c3ccccc3c2-c2cccc3ccccc23)cc1. The Bertz CT molecular complexity index is 4690. The van der Waals surface area contributed by atoms with E-state index in [1.807, 2.05) is 24.3 Å². The molecule has 0 amide bonds. The van der Waals surface area contributed by atoms with Gasteiger partial charge in [-0.2, -0.15) is 0 Å². The normalized spacial score (nSPS) is 12.5. The summed E-state index contributed by atoms with van der Waals surface area (Å²) in [6, 6.07) is 81.6. The van der Waals surface area contributed by atoms with Crippen LogP contribution in [-0.2, 0) is 0 Å². The van der Waals surface area contributed by atoms with Crippen molar-refractivity contribution in [2.45, 2.75) is 0 Å². The first-order valence-electron chi connectivity index (χ1n) is 25.5. The highest BCUT2D eigenvalue weighted by molar-refractivity contribution is 6.42. The Balaban J connectivity index is 1.01. The lowest BCUT2D eigenvalue weighted by atomic mass is 9.81. The fourth-order valence-corrected chi connectivity index (χ4v) is 14.0. The van der Waals surface area contributed by atoms with Crippen molar-refractivity contribution < 1.29 is 8.78 Å². The molecule has 0 atom stereocenters. The van der Waals surface area contributed by atoms with E-state index in [4.69, 9.17) is 0 Å². The van der Waals surface area contributed by atoms with Crippen LogP contribution in [0.1, 0.15) is 0 Å². The van der Waals surface area contributed by atoms with E-state index in [9.17, 15) is 8.78 Å². The Kier molecular flexibility index (Phi) is 7.90. The van der Waals surface area contributed by atoms with Crippen molar-refractivity contribution in [3.05, 3.63) is 242 Å². The fraction of sp³-hybridized carbons (Fsp3) is 0. The summed E-state index contributed by atoms with van der Waals surface area (Å²) in [6.07, 6.45) is 0. The number of hydrogen-bond acceptors (Lipinski definition) is 0. The summed E-state index contributed by atoms with van der Waals surface area (Å²) < 4.78 is 29.5. The first kappa shape index (κ1) is 40.1. The summed E-state index contributed by atoms with van der Waals surface area (Å²) in [5, 5.41) is 19.4. The third-order valence-corrected chi connectivity index (χ3v) is 16.8. The third kappa shape index (κ3) is 5.14. The van der Waals surface area contributed by atoms with E-state index in [1.165, 1.54) is 120 Å². The Morgan fingerprint density at radius 3 is 0.838 bits per heavy atom. The second-order valence-corrected chi connectivity index (χ2v) is 20.3. The van der Waals surface area contributed by atoms with Gasteiger partial charge in [0.1, 0.15) is 11.6 Å². The predicted octanol–water partition coefficient (Wildman–Crippen LogP) is 20.6. The quantitative estimate of drug-likeness (QED) is 0.122. The maximum atomic E-state index is 14.7. The van der Waals surface area contributed by atoms with Crippen LogP contribution in [0.15, 0.2) is 231 Å². The monoisotopic (exact) mass is 940 g/mol. The molecule has 0 nitrogen and oxygen atoms in total. The standard InChI is InChI=1S/C72H38F2/c73-43-27-23-41(24-28-43)61-49-17-5-6-18-50(49)62(42-25-29-44(74)30-26-42)70-58-36-32-54-56-34-38-60-68-59(37-33-55(64(56)68)53-31-35-57(69(61)70)67(58)63(53)54)71-65(47-21-9-13-39-11-1-3-15-45(39)47)51-19-7-8-20-52(51)66(72(60)71)48-22-10-14-40-12-2-4-16-46(40)48/h1-38H. The second-order valence-electron chi connectivity index (χ2n) is 20.3. The van der Waals surface area contributed by atoms with Gasteiger partial charge in [0.15, 0.2) is 0 Å². The molecule has 2 heteroatoms. The van der Waals surface area contributed by atoms with Crippen LogP contribution in [0.3, 0.4) is 0 Å². The highest BCUT2D eigenvalue weighted by Crippen LogP contribution is 2.63. The fourth-order valence-electron chi connectivity index (χ4n) is 14.0. The first-order chi connectivity index (χ1) is 36.6. The van der Waals surface area contributed by atoms with Crippen LogP contribution in [-0.4, -0.2) is 0 Å². The number of benzene rings is 15. The predicted molar refractivity (Wildman–Crippen MR) is 308 cm³/mol. The van der Waals surface area contributed by atoms with Gasteiger partial charge in [-0.05, 0) is 199 Å². The molecule has 0 unspecified atom stereocenters. The van der Waals surface area contributed by atoms with Crippen LogP contribution in [0.5, 0.6) is 0 Å². The molecule has 0 bridgehead atoms. The van der Waals surface area contributed by atoms with Gasteiger partial charge in [-0.3, -0.25) is 0 Å². The highest BCUT2D eigenvalue weighted by atomic mass is 19.1. The van der Waals surface area contributed by atoms with Crippen molar-refractivity contribution in [1.82, 2.24) is 0 Å². The minimum absolute atomic E-state index is 0.270. The summed E-state index contributed by atoms with van der Waals surface area (Å²) in [5.74, 6) is -0.540. The average Bonchev–Trinajstić information content (AvgIpc) is 3.99. The molecule has 0 radical (unpaired) electrons. The average molecular weight is 941 g/mol. The van der Waals surface area contributed by atoms with Gasteiger partial charge >= 0.3 is 0 Å². The van der Waals surface area contributed by atoms with E-state index in [-0.39, 0.29) is 11.6 Å². The molecule has 15 aromatic rings. The van der Waals surface area contributed by atoms with Crippen LogP contribution in [0.2, 0.25) is 0 Å². The largest absolute Gasteiger partial charge is 0.207 e. The molecular formula is C72H38F2. The number of halogens is 2. The maximum Gasteiger partial charge on any atom is 0.123 e. The van der Waals surface area contributed by atoms with E-state index < -0.39 is 0 Å². The van der Waals surface area contributed by atoms with Gasteiger partial charge in [-0.1, -0.05) is 206 Å². The summed E-state index contributed by atoms with van der Waals surface area (Å²) in [4.78, 5) is 0. The summed E-state index contributed by atoms with van der Waals surface area (Å²) in [7, 11) is 0. The molecule has 74 heavy (non-hydrogen) atoms. The minimum atomic E-state index is -0.270. The van der Waals surface area contributed by atoms with Crippen molar-refractivity contribution in [3.63, 3.8) is 0 Å². The molecule has 0 fully saturated rings. The molecule has 340 valence electrons. The van der Waals surface area contributed by atoms with Crippen LogP contribution in [0.4, 0.5) is 8.78 Å². The van der Waals surface area contributed by atoms with Gasteiger partial charge in [0.05, 0.1) is 0 Å². The number of hydrogen-bond donors (Lipinski definition) is 0. The van der Waals surface area contributed by atoms with Crippen molar-refractivity contribution in [2.75, 3.05) is 0 Å². The Morgan fingerprint density at radius 1 is 0.176 bits per heavy atom. The molecule has 17 rings (SSSR count). The van der Waals surface area contributed by atoms with Gasteiger partial charge in [-0.25, -0.2) is 8.78 Å². The van der Waals surface area contributed by atoms with Crippen LogP contribution in [0.25, 0.3) is 175 Å². The summed E-state index contributed by atoms with van der Waals surface area (Å²) >= 11 is 0. The maximum absolute atomic E-state index is 14.7. The van der Waals surface area contributed by atoms with Crippen molar-refractivity contribution >= 4 is 86.2 Å². The number of rotatable bonds is 4. The van der Waals surface area contributed by atoms with Crippen LogP contribution in [0, 0.1) is 11.6 Å². The van der Waals surface area contributed by atoms with Crippen molar-refractivity contribution in [3.8, 4) is 89.0 Å². The lowest BCUT2D eigenvalue weighted by molar-refractivity contribution is 0.627. The highest BCUT2D eigenvalue weighted by Gasteiger charge is 2.35. The molecule has 0 spiro atoms. The van der Waals surface area contributed by atoms with Gasteiger partial charge < -0.3 is 0 Å². The summed E-state index contributed by atoms with van der Waals surface area (Å²) in [6.45, 7) is 0. The number of fused-ring (bicyclic) bond motifs is 12. The molecule has 0 aliphatic heterocycles. The molecule has 0 saturated carbocycles. The molecule has 0 heterocycles. The van der Waals surface area contributed by atoms with Crippen molar-refractivity contribution in [1.29, 1.82) is 0 Å². The smallest absolute Gasteiger partial charge is 0.123 e. The summed E-state index contributed by atoms with van der Waals surface area (Å²) in [5.41, 5.74) is 18.7. The van der Waals surface area contributed by atoms with E-state index >= 15 is 0 Å². The van der Waals surface area contributed by atoms with Gasteiger partial charge in [0.25, 0.3) is 0 Å². The topological polar surface area (TPSA) is 0 Å². The molecule has 0 saturated heterocycles. The van der Waals surface area contributed by atoms with Gasteiger partial charge in [-0.15, -0.1) is 0 Å². The Labute approximate surface area is 424 Å². The van der Waals surface area contributed by atoms with Crippen molar-refractivity contribution in [2.24, 2.45) is 0 Å². The van der Waals surface area contributed by atoms with Gasteiger partial charge in [0.2, 0.25) is 0 Å². The molecule has 0 N–H and O–H groups in total. The zero-order valence-corrected chi connectivity index (χ0v) is 39.7. The lowest BCUT2D eigenvalue weighted by Crippen LogP contribution is -1.94.